The standard InChI is InChI=1S/C10H16O3/c1-3-7-12-9-5-6-10(11)13-8(9)4-2/h3-4,8-11H,1-2,5-7H2/t8-,9+,10?/m1/s1. The first-order valence-electron chi connectivity index (χ1n) is 4.46. The molecule has 0 spiro atoms. The lowest BCUT2D eigenvalue weighted by Gasteiger charge is -2.32. The van der Waals surface area contributed by atoms with Crippen LogP contribution < -0.4 is 0 Å². The monoisotopic (exact) mass is 184 g/mol. The highest BCUT2D eigenvalue weighted by atomic mass is 16.6. The molecule has 0 radical (unpaired) electrons. The van der Waals surface area contributed by atoms with Gasteiger partial charge in [0, 0.05) is 6.42 Å². The Morgan fingerprint density at radius 3 is 2.85 bits per heavy atom. The third-order valence-electron chi connectivity index (χ3n) is 2.04. The predicted molar refractivity (Wildman–Crippen MR) is 50.2 cm³/mol. The summed E-state index contributed by atoms with van der Waals surface area (Å²) in [5.41, 5.74) is 0. The van der Waals surface area contributed by atoms with Crippen LogP contribution in [0.25, 0.3) is 0 Å². The summed E-state index contributed by atoms with van der Waals surface area (Å²) in [5, 5.41) is 9.21. The van der Waals surface area contributed by atoms with Crippen LogP contribution >= 0.6 is 0 Å². The van der Waals surface area contributed by atoms with Crippen LogP contribution in [0, 0.1) is 0 Å². The molecule has 0 aliphatic carbocycles. The lowest BCUT2D eigenvalue weighted by molar-refractivity contribution is -0.191. The summed E-state index contributed by atoms with van der Waals surface area (Å²) in [6.07, 6.45) is 3.90. The maximum absolute atomic E-state index is 9.21. The fraction of sp³-hybridized carbons (Fsp3) is 0.600. The Kier molecular flexibility index (Phi) is 4.15. The molecule has 3 atom stereocenters. The molecular weight excluding hydrogens is 168 g/mol. The molecule has 1 fully saturated rings. The molecule has 3 heteroatoms. The molecule has 0 aromatic carbocycles. The van der Waals surface area contributed by atoms with E-state index in [9.17, 15) is 5.11 Å². The van der Waals surface area contributed by atoms with Crippen molar-refractivity contribution < 1.29 is 14.6 Å². The average molecular weight is 184 g/mol. The molecule has 1 rings (SSSR count). The van der Waals surface area contributed by atoms with Gasteiger partial charge in [-0.05, 0) is 6.42 Å². The number of aliphatic hydroxyl groups excluding tert-OH is 1. The SMILES string of the molecule is C=CCO[C@H]1CCC(O)O[C@@H]1C=C. The van der Waals surface area contributed by atoms with E-state index < -0.39 is 6.29 Å². The third-order valence-corrected chi connectivity index (χ3v) is 2.04. The molecule has 1 unspecified atom stereocenters. The lowest BCUT2D eigenvalue weighted by atomic mass is 10.0. The fourth-order valence-corrected chi connectivity index (χ4v) is 1.39. The number of hydrogen-bond acceptors (Lipinski definition) is 3. The molecule has 0 bridgehead atoms. The molecular formula is C10H16O3. The summed E-state index contributed by atoms with van der Waals surface area (Å²) in [7, 11) is 0. The highest BCUT2D eigenvalue weighted by Gasteiger charge is 2.28. The predicted octanol–water partition coefficient (Wildman–Crippen LogP) is 1.24. The smallest absolute Gasteiger partial charge is 0.155 e. The van der Waals surface area contributed by atoms with E-state index in [1.807, 2.05) is 0 Å². The topological polar surface area (TPSA) is 38.7 Å². The van der Waals surface area contributed by atoms with E-state index in [1.165, 1.54) is 0 Å². The fourth-order valence-electron chi connectivity index (χ4n) is 1.39. The van der Waals surface area contributed by atoms with Gasteiger partial charge in [0.25, 0.3) is 0 Å². The molecule has 1 aliphatic heterocycles. The van der Waals surface area contributed by atoms with E-state index in [1.54, 1.807) is 12.2 Å². The van der Waals surface area contributed by atoms with Gasteiger partial charge in [0.05, 0.1) is 12.7 Å². The summed E-state index contributed by atoms with van der Waals surface area (Å²) in [6.45, 7) is 7.71. The van der Waals surface area contributed by atoms with Crippen LogP contribution in [0.3, 0.4) is 0 Å². The minimum absolute atomic E-state index is 0.00102. The zero-order valence-corrected chi connectivity index (χ0v) is 7.69. The second-order valence-corrected chi connectivity index (χ2v) is 3.03. The van der Waals surface area contributed by atoms with E-state index in [-0.39, 0.29) is 12.2 Å². The van der Waals surface area contributed by atoms with E-state index in [2.05, 4.69) is 13.2 Å². The van der Waals surface area contributed by atoms with Crippen molar-refractivity contribution in [2.45, 2.75) is 31.3 Å². The van der Waals surface area contributed by atoms with Crippen molar-refractivity contribution in [3.8, 4) is 0 Å². The van der Waals surface area contributed by atoms with Gasteiger partial charge in [0.1, 0.15) is 6.10 Å². The van der Waals surface area contributed by atoms with E-state index in [0.717, 1.165) is 6.42 Å². The van der Waals surface area contributed by atoms with Crippen LogP contribution in [-0.2, 0) is 9.47 Å². The van der Waals surface area contributed by atoms with Gasteiger partial charge in [0.15, 0.2) is 6.29 Å². The van der Waals surface area contributed by atoms with Crippen molar-refractivity contribution in [3.63, 3.8) is 0 Å². The van der Waals surface area contributed by atoms with Crippen molar-refractivity contribution in [1.29, 1.82) is 0 Å². The van der Waals surface area contributed by atoms with Crippen LogP contribution in [0.2, 0.25) is 0 Å². The van der Waals surface area contributed by atoms with Crippen LogP contribution in [0.5, 0.6) is 0 Å². The molecule has 0 aromatic heterocycles. The van der Waals surface area contributed by atoms with Gasteiger partial charge in [-0.1, -0.05) is 12.2 Å². The Morgan fingerprint density at radius 1 is 1.46 bits per heavy atom. The Bertz CT molecular complexity index is 179. The van der Waals surface area contributed by atoms with Crippen molar-refractivity contribution in [1.82, 2.24) is 0 Å². The van der Waals surface area contributed by atoms with Crippen molar-refractivity contribution in [3.05, 3.63) is 25.3 Å². The molecule has 3 nitrogen and oxygen atoms in total. The van der Waals surface area contributed by atoms with Gasteiger partial charge in [0.2, 0.25) is 0 Å². The highest BCUT2D eigenvalue weighted by molar-refractivity contribution is 4.90. The second kappa shape index (κ2) is 5.17. The highest BCUT2D eigenvalue weighted by Crippen LogP contribution is 2.21. The maximum atomic E-state index is 9.21. The number of rotatable bonds is 4. The molecule has 1 heterocycles. The zero-order valence-electron chi connectivity index (χ0n) is 7.69. The quantitative estimate of drug-likeness (QED) is 0.668. The minimum atomic E-state index is -0.674. The van der Waals surface area contributed by atoms with Gasteiger partial charge in [-0.2, -0.15) is 0 Å². The first-order chi connectivity index (χ1) is 6.27. The largest absolute Gasteiger partial charge is 0.371 e. The molecule has 0 saturated carbocycles. The second-order valence-electron chi connectivity index (χ2n) is 3.03. The summed E-state index contributed by atoms with van der Waals surface area (Å²) in [6, 6.07) is 0. The molecule has 1 N–H and O–H groups in total. The van der Waals surface area contributed by atoms with Crippen molar-refractivity contribution in [2.24, 2.45) is 0 Å². The first-order valence-corrected chi connectivity index (χ1v) is 4.46. The number of aliphatic hydroxyl groups is 1. The van der Waals surface area contributed by atoms with Gasteiger partial charge >= 0.3 is 0 Å². The molecule has 74 valence electrons. The lowest BCUT2D eigenvalue weighted by Crippen LogP contribution is -2.39. The summed E-state index contributed by atoms with van der Waals surface area (Å²) in [4.78, 5) is 0. The van der Waals surface area contributed by atoms with E-state index in [0.29, 0.717) is 13.0 Å². The van der Waals surface area contributed by atoms with Gasteiger partial charge < -0.3 is 14.6 Å². The van der Waals surface area contributed by atoms with Crippen LogP contribution in [-0.4, -0.2) is 30.2 Å². The van der Waals surface area contributed by atoms with Gasteiger partial charge in [-0.15, -0.1) is 13.2 Å². The molecule has 1 saturated heterocycles. The van der Waals surface area contributed by atoms with Gasteiger partial charge in [-0.3, -0.25) is 0 Å². The Morgan fingerprint density at radius 2 is 2.23 bits per heavy atom. The average Bonchev–Trinajstić information content (AvgIpc) is 2.16. The Hall–Kier alpha value is -0.640. The third kappa shape index (κ3) is 2.95. The van der Waals surface area contributed by atoms with Crippen molar-refractivity contribution in [2.75, 3.05) is 6.61 Å². The maximum Gasteiger partial charge on any atom is 0.155 e. The zero-order chi connectivity index (χ0) is 9.68. The Balaban J connectivity index is 2.42. The summed E-state index contributed by atoms with van der Waals surface area (Å²) in [5.74, 6) is 0. The Labute approximate surface area is 78.7 Å². The summed E-state index contributed by atoms with van der Waals surface area (Å²) < 4.78 is 10.7. The first kappa shape index (κ1) is 10.4. The molecule has 0 aromatic rings. The minimum Gasteiger partial charge on any atom is -0.371 e. The normalized spacial score (nSPS) is 34.1. The van der Waals surface area contributed by atoms with E-state index in [4.69, 9.17) is 9.47 Å². The molecule has 13 heavy (non-hydrogen) atoms. The van der Waals surface area contributed by atoms with Crippen LogP contribution in [0.4, 0.5) is 0 Å². The number of hydrogen-bond donors (Lipinski definition) is 1. The van der Waals surface area contributed by atoms with Crippen molar-refractivity contribution >= 4 is 0 Å². The summed E-state index contributed by atoms with van der Waals surface area (Å²) >= 11 is 0. The number of ether oxygens (including phenoxy) is 2. The molecule has 0 amide bonds. The molecule has 1 aliphatic rings. The van der Waals surface area contributed by atoms with Crippen LogP contribution in [0.1, 0.15) is 12.8 Å². The van der Waals surface area contributed by atoms with E-state index >= 15 is 0 Å². The van der Waals surface area contributed by atoms with Gasteiger partial charge in [-0.25, -0.2) is 0 Å². The van der Waals surface area contributed by atoms with Crippen LogP contribution in [0.15, 0.2) is 25.3 Å².